The van der Waals surface area contributed by atoms with Crippen LogP contribution in [0.15, 0.2) is 0 Å². The molecule has 90 valence electrons. The summed E-state index contributed by atoms with van der Waals surface area (Å²) in [5.74, 6) is 0. The van der Waals surface area contributed by atoms with E-state index in [0.717, 1.165) is 0 Å². The smallest absolute Gasteiger partial charge is 0.258 e. The molecule has 0 fully saturated rings. The van der Waals surface area contributed by atoms with Crippen LogP contribution in [0.2, 0.25) is 0 Å². The second-order valence-electron chi connectivity index (χ2n) is 4.17. The van der Waals surface area contributed by atoms with Gasteiger partial charge in [0.25, 0.3) is 8.53 Å². The molecule has 0 aromatic heterocycles. The van der Waals surface area contributed by atoms with Gasteiger partial charge in [-0.15, -0.1) is 0 Å². The Balaban J connectivity index is 4.75. The van der Waals surface area contributed by atoms with Crippen molar-refractivity contribution >= 4 is 8.53 Å². The van der Waals surface area contributed by atoms with Crippen molar-refractivity contribution in [1.29, 1.82) is 10.5 Å². The zero-order chi connectivity index (χ0) is 12.9. The molecule has 5 nitrogen and oxygen atoms in total. The molecule has 0 aromatic rings. The lowest BCUT2D eigenvalue weighted by molar-refractivity contribution is 0.157. The van der Waals surface area contributed by atoms with Crippen molar-refractivity contribution in [2.45, 2.75) is 52.3 Å². The van der Waals surface area contributed by atoms with Gasteiger partial charge in [-0.1, -0.05) is 0 Å². The van der Waals surface area contributed by atoms with Crippen LogP contribution >= 0.6 is 8.53 Å². The number of nitrogens with zero attached hydrogens (tertiary/aromatic N) is 3. The fourth-order valence-corrected chi connectivity index (χ4v) is 2.56. The Labute approximate surface area is 98.2 Å². The van der Waals surface area contributed by atoms with E-state index in [-0.39, 0.29) is 12.1 Å². The molecular weight excluding hydrogens is 225 g/mol. The summed E-state index contributed by atoms with van der Waals surface area (Å²) in [7, 11) is -1.93. The number of hydrogen-bond donors (Lipinski definition) is 1. The monoisotopic (exact) mass is 243 g/mol. The van der Waals surface area contributed by atoms with Gasteiger partial charge in [-0.2, -0.15) is 10.5 Å². The molecule has 0 radical (unpaired) electrons. The van der Waals surface area contributed by atoms with Gasteiger partial charge in [0.15, 0.2) is 0 Å². The van der Waals surface area contributed by atoms with Crippen LogP contribution in [0, 0.1) is 22.7 Å². The molecular formula is C10H18N3O2P. The first kappa shape index (κ1) is 15.3. The minimum absolute atomic E-state index is 0.0812. The van der Waals surface area contributed by atoms with Crippen molar-refractivity contribution in [2.24, 2.45) is 0 Å². The normalized spacial score (nSPS) is 13.9. The lowest BCUT2D eigenvalue weighted by atomic mass is 10.2. The average molecular weight is 243 g/mol. The molecule has 0 amide bonds. The summed E-state index contributed by atoms with van der Waals surface area (Å²) in [6.07, 6.45) is 0. The summed E-state index contributed by atoms with van der Waals surface area (Å²) in [6.45, 7) is 9.03. The molecule has 0 aliphatic rings. The second kappa shape index (κ2) is 6.13. The van der Waals surface area contributed by atoms with Crippen LogP contribution in [-0.2, 0) is 4.52 Å². The predicted molar refractivity (Wildman–Crippen MR) is 62.0 cm³/mol. The van der Waals surface area contributed by atoms with Gasteiger partial charge < -0.3 is 4.89 Å². The van der Waals surface area contributed by atoms with E-state index in [1.165, 1.54) is 6.92 Å². The standard InChI is InChI=1S/C10H18N3O2P/c1-8(2)13(9(3)4)16(14)15-10(5,6-11)7-12/h8-9,14H,1-5H3. The van der Waals surface area contributed by atoms with E-state index in [1.807, 2.05) is 27.7 Å². The van der Waals surface area contributed by atoms with E-state index >= 15 is 0 Å². The number of rotatable bonds is 5. The Morgan fingerprint density at radius 1 is 1.19 bits per heavy atom. The largest absolute Gasteiger partial charge is 0.338 e. The van der Waals surface area contributed by atoms with E-state index in [1.54, 1.807) is 16.8 Å². The van der Waals surface area contributed by atoms with Gasteiger partial charge in [0, 0.05) is 12.1 Å². The first-order valence-electron chi connectivity index (χ1n) is 5.06. The molecule has 0 rings (SSSR count). The minimum Gasteiger partial charge on any atom is -0.338 e. The van der Waals surface area contributed by atoms with Gasteiger partial charge in [0.1, 0.15) is 12.1 Å². The van der Waals surface area contributed by atoms with E-state index in [9.17, 15) is 4.89 Å². The third kappa shape index (κ3) is 4.04. The number of hydrogen-bond acceptors (Lipinski definition) is 5. The lowest BCUT2D eigenvalue weighted by Crippen LogP contribution is -2.35. The van der Waals surface area contributed by atoms with Crippen LogP contribution in [0.1, 0.15) is 34.6 Å². The van der Waals surface area contributed by atoms with Crippen molar-refractivity contribution in [3.63, 3.8) is 0 Å². The number of nitriles is 2. The van der Waals surface area contributed by atoms with Crippen molar-refractivity contribution in [3.05, 3.63) is 0 Å². The molecule has 1 N–H and O–H groups in total. The Morgan fingerprint density at radius 2 is 1.56 bits per heavy atom. The highest BCUT2D eigenvalue weighted by atomic mass is 31.2. The Kier molecular flexibility index (Phi) is 5.86. The Morgan fingerprint density at radius 3 is 1.81 bits per heavy atom. The highest BCUT2D eigenvalue weighted by Gasteiger charge is 2.33. The zero-order valence-electron chi connectivity index (χ0n) is 10.3. The molecule has 0 spiro atoms. The summed E-state index contributed by atoms with van der Waals surface area (Å²) in [5.41, 5.74) is -1.59. The van der Waals surface area contributed by atoms with Gasteiger partial charge in [-0.3, -0.25) is 4.52 Å². The highest BCUT2D eigenvalue weighted by Crippen LogP contribution is 2.43. The molecule has 0 saturated carbocycles. The minimum atomic E-state index is -1.93. The van der Waals surface area contributed by atoms with Crippen LogP contribution in [0.5, 0.6) is 0 Å². The summed E-state index contributed by atoms with van der Waals surface area (Å²) in [5, 5.41) is 17.6. The van der Waals surface area contributed by atoms with Crippen LogP contribution < -0.4 is 0 Å². The van der Waals surface area contributed by atoms with E-state index in [0.29, 0.717) is 0 Å². The van der Waals surface area contributed by atoms with Crippen molar-refractivity contribution in [3.8, 4) is 12.1 Å². The lowest BCUT2D eigenvalue weighted by Gasteiger charge is -2.34. The molecule has 0 aliphatic heterocycles. The first-order chi connectivity index (χ1) is 7.27. The fourth-order valence-electron chi connectivity index (χ4n) is 1.27. The highest BCUT2D eigenvalue weighted by molar-refractivity contribution is 7.43. The summed E-state index contributed by atoms with van der Waals surface area (Å²) in [6, 6.07) is 3.64. The van der Waals surface area contributed by atoms with Crippen LogP contribution in [0.3, 0.4) is 0 Å². The van der Waals surface area contributed by atoms with Crippen LogP contribution in [0.4, 0.5) is 0 Å². The van der Waals surface area contributed by atoms with Gasteiger partial charge in [0.2, 0.25) is 5.60 Å². The van der Waals surface area contributed by atoms with Crippen LogP contribution in [-0.4, -0.2) is 27.2 Å². The predicted octanol–water partition coefficient (Wildman–Crippen LogP) is 2.15. The Hall–Kier alpha value is -0.710. The molecule has 0 aliphatic carbocycles. The second-order valence-corrected chi connectivity index (χ2v) is 5.32. The van der Waals surface area contributed by atoms with E-state index in [2.05, 4.69) is 0 Å². The molecule has 0 saturated heterocycles. The maximum absolute atomic E-state index is 9.91. The van der Waals surface area contributed by atoms with Crippen LogP contribution in [0.25, 0.3) is 0 Å². The Bertz CT molecular complexity index is 284. The maximum atomic E-state index is 9.91. The quantitative estimate of drug-likeness (QED) is 0.748. The van der Waals surface area contributed by atoms with Gasteiger partial charge in [-0.05, 0) is 34.6 Å². The SMILES string of the molecule is CC(C)N(C(C)C)P(O)OC(C)(C#N)C#N. The van der Waals surface area contributed by atoms with Gasteiger partial charge in [0.05, 0.1) is 0 Å². The molecule has 0 heterocycles. The van der Waals surface area contributed by atoms with Gasteiger partial charge in [-0.25, -0.2) is 4.67 Å². The zero-order valence-corrected chi connectivity index (χ0v) is 11.2. The average Bonchev–Trinajstić information content (AvgIpc) is 2.16. The van der Waals surface area contributed by atoms with E-state index < -0.39 is 14.1 Å². The van der Waals surface area contributed by atoms with Crippen molar-refractivity contribution < 1.29 is 9.42 Å². The van der Waals surface area contributed by atoms with Gasteiger partial charge >= 0.3 is 0 Å². The molecule has 0 bridgehead atoms. The van der Waals surface area contributed by atoms with Crippen molar-refractivity contribution in [2.75, 3.05) is 0 Å². The summed E-state index contributed by atoms with van der Waals surface area (Å²) >= 11 is 0. The topological polar surface area (TPSA) is 80.3 Å². The third-order valence-corrected chi connectivity index (χ3v) is 3.79. The maximum Gasteiger partial charge on any atom is 0.258 e. The molecule has 1 atom stereocenters. The summed E-state index contributed by atoms with van der Waals surface area (Å²) in [4.78, 5) is 9.91. The first-order valence-corrected chi connectivity index (χ1v) is 6.22. The third-order valence-electron chi connectivity index (χ3n) is 1.95. The molecule has 16 heavy (non-hydrogen) atoms. The molecule has 1 unspecified atom stereocenters. The molecule has 0 aromatic carbocycles. The van der Waals surface area contributed by atoms with E-state index in [4.69, 9.17) is 15.0 Å². The fraction of sp³-hybridized carbons (Fsp3) is 0.800. The molecule has 6 heteroatoms. The summed E-state index contributed by atoms with van der Waals surface area (Å²) < 4.78 is 6.88. The van der Waals surface area contributed by atoms with Crippen molar-refractivity contribution in [1.82, 2.24) is 4.67 Å².